The van der Waals surface area contributed by atoms with Crippen LogP contribution in [-0.2, 0) is 4.87 Å². The molecule has 0 saturated carbocycles. The van der Waals surface area contributed by atoms with Gasteiger partial charge in [0.25, 0.3) is 0 Å². The second-order valence-corrected chi connectivity index (χ2v) is 7.89. The highest BCUT2D eigenvalue weighted by atomic mass is 32.2. The number of hydrogen-bond donors (Lipinski definition) is 0. The lowest BCUT2D eigenvalue weighted by Crippen LogP contribution is -2.36. The number of rotatable bonds is 7. The summed E-state index contributed by atoms with van der Waals surface area (Å²) in [6.45, 7) is 6.84. The summed E-state index contributed by atoms with van der Waals surface area (Å²) in [5, 5.41) is 9.00. The van der Waals surface area contributed by atoms with E-state index in [0.717, 1.165) is 17.5 Å². The number of unbranched alkanes of at least 4 members (excludes halogenated alkanes) is 1. The molecular formula is C20H25N3S. The van der Waals surface area contributed by atoms with Crippen LogP contribution in [0.15, 0.2) is 59.5 Å². The second-order valence-electron chi connectivity index (χ2n) is 6.51. The highest BCUT2D eigenvalue weighted by molar-refractivity contribution is 8.00. The van der Waals surface area contributed by atoms with Gasteiger partial charge in [-0.3, -0.25) is 0 Å². The molecule has 2 aromatic carbocycles. The topological polar surface area (TPSA) is 30.7 Å². The van der Waals surface area contributed by atoms with Gasteiger partial charge in [-0.2, -0.15) is 0 Å². The zero-order chi connectivity index (χ0) is 17.0. The Morgan fingerprint density at radius 3 is 2.46 bits per heavy atom. The van der Waals surface area contributed by atoms with Crippen molar-refractivity contribution < 1.29 is 0 Å². The fourth-order valence-corrected chi connectivity index (χ4v) is 4.53. The lowest BCUT2D eigenvalue weighted by molar-refractivity contribution is 0.275. The number of hydrogen-bond acceptors (Lipinski definition) is 3. The Kier molecular flexibility index (Phi) is 5.24. The molecule has 1 atom stereocenters. The van der Waals surface area contributed by atoms with Gasteiger partial charge in [0.1, 0.15) is 10.4 Å². The second kappa shape index (κ2) is 7.39. The number of benzene rings is 2. The van der Waals surface area contributed by atoms with Gasteiger partial charge in [-0.1, -0.05) is 80.9 Å². The maximum Gasteiger partial charge on any atom is 0.117 e. The van der Waals surface area contributed by atoms with Gasteiger partial charge in [-0.25, -0.2) is 4.68 Å². The Morgan fingerprint density at radius 1 is 1.04 bits per heavy atom. The molecule has 0 aliphatic rings. The van der Waals surface area contributed by atoms with Gasteiger partial charge in [0, 0.05) is 4.90 Å². The summed E-state index contributed by atoms with van der Waals surface area (Å²) >= 11 is 1.92. The van der Waals surface area contributed by atoms with E-state index in [9.17, 15) is 0 Å². The summed E-state index contributed by atoms with van der Waals surface area (Å²) in [5.41, 5.74) is 2.08. The highest BCUT2D eigenvalue weighted by Gasteiger charge is 2.38. The van der Waals surface area contributed by atoms with Gasteiger partial charge >= 0.3 is 0 Å². The monoisotopic (exact) mass is 339 g/mol. The molecule has 4 heteroatoms. The van der Waals surface area contributed by atoms with E-state index < -0.39 is 0 Å². The first kappa shape index (κ1) is 17.0. The number of fused-ring (bicyclic) bond motifs is 1. The minimum Gasteiger partial charge on any atom is -0.228 e. The predicted octanol–water partition coefficient (Wildman–Crippen LogP) is 5.72. The molecule has 0 bridgehead atoms. The van der Waals surface area contributed by atoms with E-state index >= 15 is 0 Å². The maximum absolute atomic E-state index is 4.58. The number of aromatic nitrogens is 3. The van der Waals surface area contributed by atoms with Gasteiger partial charge in [-0.05, 0) is 36.6 Å². The van der Waals surface area contributed by atoms with E-state index in [-0.39, 0.29) is 4.87 Å². The average Bonchev–Trinajstić information content (AvgIpc) is 3.04. The van der Waals surface area contributed by atoms with E-state index in [1.54, 1.807) is 0 Å². The van der Waals surface area contributed by atoms with E-state index in [1.165, 1.54) is 17.7 Å². The van der Waals surface area contributed by atoms with Gasteiger partial charge in [0.05, 0.1) is 5.52 Å². The SMILES string of the molecule is CCCCC(Sc1ccccc1)(C(C)C)n1nnc2ccccc21. The molecule has 0 fully saturated rings. The van der Waals surface area contributed by atoms with Gasteiger partial charge < -0.3 is 0 Å². The minimum atomic E-state index is -0.131. The summed E-state index contributed by atoms with van der Waals surface area (Å²) in [4.78, 5) is 1.15. The number of nitrogens with zero attached hydrogens (tertiary/aromatic N) is 3. The third-order valence-electron chi connectivity index (χ3n) is 4.54. The predicted molar refractivity (Wildman–Crippen MR) is 102 cm³/mol. The molecule has 0 amide bonds. The fraction of sp³-hybridized carbons (Fsp3) is 0.400. The Morgan fingerprint density at radius 2 is 1.75 bits per heavy atom. The van der Waals surface area contributed by atoms with Crippen LogP contribution in [0.5, 0.6) is 0 Å². The molecule has 3 rings (SSSR count). The summed E-state index contributed by atoms with van der Waals surface area (Å²) < 4.78 is 2.17. The zero-order valence-corrected chi connectivity index (χ0v) is 15.5. The van der Waals surface area contributed by atoms with Crippen LogP contribution in [0.1, 0.15) is 40.0 Å². The number of para-hydroxylation sites is 1. The standard InChI is InChI=1S/C20H25N3S/c1-4-5-15-20(16(2)3,24-17-11-7-6-8-12-17)23-19-14-10-9-13-18(19)21-22-23/h6-14,16H,4-5,15H2,1-3H3. The van der Waals surface area contributed by atoms with Crippen molar-refractivity contribution in [3.8, 4) is 0 Å². The van der Waals surface area contributed by atoms with E-state index in [4.69, 9.17) is 0 Å². The third-order valence-corrected chi connectivity index (χ3v) is 6.25. The Hall–Kier alpha value is -1.81. The van der Waals surface area contributed by atoms with Crippen molar-refractivity contribution in [3.63, 3.8) is 0 Å². The van der Waals surface area contributed by atoms with E-state index in [0.29, 0.717) is 5.92 Å². The molecule has 1 aromatic heterocycles. The Labute approximate surface area is 148 Å². The van der Waals surface area contributed by atoms with Gasteiger partial charge in [-0.15, -0.1) is 5.10 Å². The van der Waals surface area contributed by atoms with Crippen LogP contribution in [-0.4, -0.2) is 15.0 Å². The molecule has 3 nitrogen and oxygen atoms in total. The zero-order valence-electron chi connectivity index (χ0n) is 14.6. The van der Waals surface area contributed by atoms with Crippen molar-refractivity contribution in [2.75, 3.05) is 0 Å². The van der Waals surface area contributed by atoms with Crippen molar-refractivity contribution in [3.05, 3.63) is 54.6 Å². The Bertz CT molecular complexity index is 782. The first-order valence-electron chi connectivity index (χ1n) is 8.72. The molecule has 3 aromatic rings. The molecule has 24 heavy (non-hydrogen) atoms. The lowest BCUT2D eigenvalue weighted by atomic mass is 9.97. The largest absolute Gasteiger partial charge is 0.228 e. The molecule has 0 aliphatic carbocycles. The minimum absolute atomic E-state index is 0.131. The van der Waals surface area contributed by atoms with Crippen LogP contribution in [0.25, 0.3) is 11.0 Å². The summed E-state index contributed by atoms with van der Waals surface area (Å²) in [6.07, 6.45) is 3.43. The van der Waals surface area contributed by atoms with Crippen molar-refractivity contribution in [2.24, 2.45) is 5.92 Å². The van der Waals surface area contributed by atoms with E-state index in [1.807, 2.05) is 23.9 Å². The summed E-state index contributed by atoms with van der Waals surface area (Å²) in [5.74, 6) is 0.430. The average molecular weight is 340 g/mol. The van der Waals surface area contributed by atoms with Crippen molar-refractivity contribution in [2.45, 2.75) is 49.8 Å². The van der Waals surface area contributed by atoms with Crippen molar-refractivity contribution in [1.82, 2.24) is 15.0 Å². The molecule has 0 spiro atoms. The van der Waals surface area contributed by atoms with E-state index in [2.05, 4.69) is 78.2 Å². The molecule has 0 N–H and O–H groups in total. The molecule has 0 aliphatic heterocycles. The fourth-order valence-electron chi connectivity index (χ4n) is 3.12. The molecule has 1 unspecified atom stereocenters. The highest BCUT2D eigenvalue weighted by Crippen LogP contribution is 2.47. The molecule has 126 valence electrons. The Balaban J connectivity index is 2.12. The van der Waals surface area contributed by atoms with Crippen LogP contribution in [0.3, 0.4) is 0 Å². The first-order chi connectivity index (χ1) is 11.7. The van der Waals surface area contributed by atoms with Crippen molar-refractivity contribution in [1.29, 1.82) is 0 Å². The molecule has 0 saturated heterocycles. The number of thioether (sulfide) groups is 1. The molecular weight excluding hydrogens is 314 g/mol. The van der Waals surface area contributed by atoms with Crippen LogP contribution < -0.4 is 0 Å². The summed E-state index contributed by atoms with van der Waals surface area (Å²) in [6, 6.07) is 18.9. The first-order valence-corrected chi connectivity index (χ1v) is 9.54. The van der Waals surface area contributed by atoms with Crippen LogP contribution >= 0.6 is 11.8 Å². The molecule has 1 heterocycles. The van der Waals surface area contributed by atoms with Gasteiger partial charge in [0.2, 0.25) is 0 Å². The smallest absolute Gasteiger partial charge is 0.117 e. The quantitative estimate of drug-likeness (QED) is 0.516. The van der Waals surface area contributed by atoms with Crippen LogP contribution in [0.4, 0.5) is 0 Å². The van der Waals surface area contributed by atoms with Crippen molar-refractivity contribution >= 4 is 22.8 Å². The van der Waals surface area contributed by atoms with Crippen LogP contribution in [0.2, 0.25) is 0 Å². The lowest BCUT2D eigenvalue weighted by Gasteiger charge is -2.37. The van der Waals surface area contributed by atoms with Gasteiger partial charge in [0.15, 0.2) is 0 Å². The normalized spacial score (nSPS) is 14.2. The third kappa shape index (κ3) is 3.20. The van der Waals surface area contributed by atoms with Crippen LogP contribution in [0, 0.1) is 5.92 Å². The molecule has 0 radical (unpaired) electrons. The summed E-state index contributed by atoms with van der Waals surface area (Å²) in [7, 11) is 0. The maximum atomic E-state index is 4.58.